The van der Waals surface area contributed by atoms with E-state index in [1.807, 2.05) is 12.1 Å². The van der Waals surface area contributed by atoms with Crippen LogP contribution in [0.25, 0.3) is 11.0 Å². The highest BCUT2D eigenvalue weighted by Crippen LogP contribution is 2.22. The van der Waals surface area contributed by atoms with Crippen molar-refractivity contribution in [1.29, 1.82) is 0 Å². The number of benzene rings is 1. The van der Waals surface area contributed by atoms with Crippen molar-refractivity contribution in [2.75, 3.05) is 13.7 Å². The molecular formula is C14H19N3O. The van der Waals surface area contributed by atoms with Crippen molar-refractivity contribution < 1.29 is 4.74 Å². The van der Waals surface area contributed by atoms with Crippen LogP contribution in [0, 0.1) is 0 Å². The van der Waals surface area contributed by atoms with Gasteiger partial charge in [0.1, 0.15) is 11.6 Å². The molecule has 0 aliphatic carbocycles. The van der Waals surface area contributed by atoms with Crippen LogP contribution in [-0.4, -0.2) is 29.2 Å². The van der Waals surface area contributed by atoms with Gasteiger partial charge in [-0.1, -0.05) is 0 Å². The molecular weight excluding hydrogens is 226 g/mol. The van der Waals surface area contributed by atoms with E-state index in [1.165, 1.54) is 18.4 Å². The SMILES string of the molecule is COc1ccc2c(c1)nc(CC1CCCN1)n2C. The van der Waals surface area contributed by atoms with Gasteiger partial charge in [0.2, 0.25) is 0 Å². The number of methoxy groups -OCH3 is 1. The maximum absolute atomic E-state index is 5.24. The summed E-state index contributed by atoms with van der Waals surface area (Å²) in [4.78, 5) is 4.73. The molecule has 1 fully saturated rings. The van der Waals surface area contributed by atoms with Gasteiger partial charge in [-0.15, -0.1) is 0 Å². The summed E-state index contributed by atoms with van der Waals surface area (Å²) in [5.41, 5.74) is 2.19. The summed E-state index contributed by atoms with van der Waals surface area (Å²) in [6.45, 7) is 1.14. The largest absolute Gasteiger partial charge is 0.497 e. The summed E-state index contributed by atoms with van der Waals surface area (Å²) < 4.78 is 7.43. The Labute approximate surface area is 107 Å². The molecule has 4 heteroatoms. The molecule has 1 saturated heterocycles. The van der Waals surface area contributed by atoms with Crippen LogP contribution in [0.5, 0.6) is 5.75 Å². The Balaban J connectivity index is 1.94. The van der Waals surface area contributed by atoms with E-state index in [9.17, 15) is 0 Å². The first-order valence-electron chi connectivity index (χ1n) is 6.50. The maximum atomic E-state index is 5.24. The molecule has 0 bridgehead atoms. The van der Waals surface area contributed by atoms with Gasteiger partial charge in [0, 0.05) is 25.6 Å². The summed E-state index contributed by atoms with van der Waals surface area (Å²) in [6, 6.07) is 6.65. The lowest BCUT2D eigenvalue weighted by Gasteiger charge is -2.09. The van der Waals surface area contributed by atoms with E-state index in [1.54, 1.807) is 7.11 Å². The second-order valence-electron chi connectivity index (χ2n) is 4.94. The quantitative estimate of drug-likeness (QED) is 0.897. The highest BCUT2D eigenvalue weighted by atomic mass is 16.5. The van der Waals surface area contributed by atoms with Crippen molar-refractivity contribution in [2.45, 2.75) is 25.3 Å². The molecule has 3 rings (SSSR count). The highest BCUT2D eigenvalue weighted by Gasteiger charge is 2.18. The average molecular weight is 245 g/mol. The third kappa shape index (κ3) is 1.97. The zero-order valence-electron chi connectivity index (χ0n) is 10.9. The molecule has 1 atom stereocenters. The second kappa shape index (κ2) is 4.61. The minimum absolute atomic E-state index is 0.586. The fraction of sp³-hybridized carbons (Fsp3) is 0.500. The van der Waals surface area contributed by atoms with Crippen LogP contribution in [0.15, 0.2) is 18.2 Å². The predicted molar refractivity (Wildman–Crippen MR) is 72.0 cm³/mol. The average Bonchev–Trinajstić information content (AvgIpc) is 2.99. The van der Waals surface area contributed by atoms with E-state index >= 15 is 0 Å². The molecule has 18 heavy (non-hydrogen) atoms. The number of hydrogen-bond acceptors (Lipinski definition) is 3. The van der Waals surface area contributed by atoms with Crippen LogP contribution in [0.4, 0.5) is 0 Å². The Morgan fingerprint density at radius 2 is 2.39 bits per heavy atom. The first-order valence-corrected chi connectivity index (χ1v) is 6.50. The Kier molecular flexibility index (Phi) is 2.96. The van der Waals surface area contributed by atoms with Gasteiger partial charge in [0.25, 0.3) is 0 Å². The number of imidazole rings is 1. The number of aryl methyl sites for hydroxylation is 1. The van der Waals surface area contributed by atoms with E-state index in [-0.39, 0.29) is 0 Å². The van der Waals surface area contributed by atoms with Gasteiger partial charge in [0.05, 0.1) is 18.1 Å². The third-order valence-corrected chi connectivity index (χ3v) is 3.77. The van der Waals surface area contributed by atoms with Crippen molar-refractivity contribution in [3.8, 4) is 5.75 Å². The Hall–Kier alpha value is -1.55. The van der Waals surface area contributed by atoms with E-state index in [0.29, 0.717) is 6.04 Å². The molecule has 1 unspecified atom stereocenters. The number of rotatable bonds is 3. The van der Waals surface area contributed by atoms with Crippen LogP contribution in [0.3, 0.4) is 0 Å². The number of aromatic nitrogens is 2. The van der Waals surface area contributed by atoms with E-state index < -0.39 is 0 Å². The van der Waals surface area contributed by atoms with Crippen LogP contribution >= 0.6 is 0 Å². The van der Waals surface area contributed by atoms with Gasteiger partial charge < -0.3 is 14.6 Å². The van der Waals surface area contributed by atoms with Crippen LogP contribution in [0.2, 0.25) is 0 Å². The van der Waals surface area contributed by atoms with Crippen molar-refractivity contribution >= 4 is 11.0 Å². The van der Waals surface area contributed by atoms with Crippen molar-refractivity contribution in [3.63, 3.8) is 0 Å². The molecule has 2 heterocycles. The zero-order valence-corrected chi connectivity index (χ0v) is 10.9. The molecule has 0 amide bonds. The lowest BCUT2D eigenvalue weighted by Crippen LogP contribution is -2.25. The number of nitrogens with zero attached hydrogens (tertiary/aromatic N) is 2. The molecule has 1 aromatic carbocycles. The molecule has 4 nitrogen and oxygen atoms in total. The molecule has 1 aromatic heterocycles. The number of hydrogen-bond donors (Lipinski definition) is 1. The van der Waals surface area contributed by atoms with Gasteiger partial charge in [-0.2, -0.15) is 0 Å². The van der Waals surface area contributed by atoms with Gasteiger partial charge in [-0.05, 0) is 31.5 Å². The standard InChI is InChI=1S/C14H19N3O/c1-17-13-6-5-11(18-2)9-12(13)16-14(17)8-10-4-3-7-15-10/h5-6,9-10,15H,3-4,7-8H2,1-2H3. The molecule has 0 spiro atoms. The molecule has 1 aliphatic rings. The second-order valence-corrected chi connectivity index (χ2v) is 4.94. The Bertz CT molecular complexity index is 555. The van der Waals surface area contributed by atoms with Gasteiger partial charge in [-0.25, -0.2) is 4.98 Å². The van der Waals surface area contributed by atoms with Gasteiger partial charge in [0.15, 0.2) is 0 Å². The minimum atomic E-state index is 0.586. The molecule has 1 aliphatic heterocycles. The normalized spacial score (nSPS) is 19.6. The van der Waals surface area contributed by atoms with Crippen LogP contribution < -0.4 is 10.1 Å². The summed E-state index contributed by atoms with van der Waals surface area (Å²) in [7, 11) is 3.78. The molecule has 2 aromatic rings. The zero-order chi connectivity index (χ0) is 12.5. The van der Waals surface area contributed by atoms with Crippen molar-refractivity contribution in [3.05, 3.63) is 24.0 Å². The smallest absolute Gasteiger partial charge is 0.121 e. The van der Waals surface area contributed by atoms with Gasteiger partial charge in [-0.3, -0.25) is 0 Å². The number of fused-ring (bicyclic) bond motifs is 1. The first-order chi connectivity index (χ1) is 8.78. The first kappa shape index (κ1) is 11.5. The minimum Gasteiger partial charge on any atom is -0.497 e. The summed E-state index contributed by atoms with van der Waals surface area (Å²) in [5.74, 6) is 2.02. The Morgan fingerprint density at radius 1 is 1.50 bits per heavy atom. The lowest BCUT2D eigenvalue weighted by atomic mass is 10.1. The lowest BCUT2D eigenvalue weighted by molar-refractivity contribution is 0.415. The third-order valence-electron chi connectivity index (χ3n) is 3.77. The summed E-state index contributed by atoms with van der Waals surface area (Å²) in [5, 5.41) is 3.52. The van der Waals surface area contributed by atoms with Gasteiger partial charge >= 0.3 is 0 Å². The van der Waals surface area contributed by atoms with E-state index in [4.69, 9.17) is 9.72 Å². The molecule has 96 valence electrons. The fourth-order valence-corrected chi connectivity index (χ4v) is 2.69. The number of nitrogens with one attached hydrogen (secondary N) is 1. The summed E-state index contributed by atoms with van der Waals surface area (Å²) in [6.07, 6.45) is 3.54. The Morgan fingerprint density at radius 3 is 3.11 bits per heavy atom. The van der Waals surface area contributed by atoms with E-state index in [0.717, 1.165) is 30.1 Å². The van der Waals surface area contributed by atoms with Crippen LogP contribution in [0.1, 0.15) is 18.7 Å². The van der Waals surface area contributed by atoms with Crippen molar-refractivity contribution in [2.24, 2.45) is 7.05 Å². The summed E-state index contributed by atoms with van der Waals surface area (Å²) >= 11 is 0. The highest BCUT2D eigenvalue weighted by molar-refractivity contribution is 5.77. The van der Waals surface area contributed by atoms with E-state index in [2.05, 4.69) is 23.0 Å². The molecule has 0 radical (unpaired) electrons. The monoisotopic (exact) mass is 245 g/mol. The number of ether oxygens (including phenoxy) is 1. The topological polar surface area (TPSA) is 39.1 Å². The maximum Gasteiger partial charge on any atom is 0.121 e. The predicted octanol–water partition coefficient (Wildman–Crippen LogP) is 1.88. The fourth-order valence-electron chi connectivity index (χ4n) is 2.69. The van der Waals surface area contributed by atoms with Crippen LogP contribution in [-0.2, 0) is 13.5 Å². The molecule has 0 saturated carbocycles. The molecule has 1 N–H and O–H groups in total. The van der Waals surface area contributed by atoms with Crippen molar-refractivity contribution in [1.82, 2.24) is 14.9 Å².